The number of carbonyl (C=O) groups excluding carboxylic acids is 1. The summed E-state index contributed by atoms with van der Waals surface area (Å²) in [5.41, 5.74) is 0. The number of piperazine rings is 1. The van der Waals surface area contributed by atoms with Crippen LogP contribution in [0, 0.1) is 5.92 Å². The van der Waals surface area contributed by atoms with Gasteiger partial charge in [-0.05, 0) is 12.8 Å². The zero-order chi connectivity index (χ0) is 14.1. The standard InChI is InChI=1S/C15H31N3O/c1-4-6-7-14(5-2)15(19)17(3)12-13-18-10-8-16-9-11-18/h14,16H,4-13H2,1-3H3. The molecule has 1 saturated heterocycles. The first-order chi connectivity index (χ1) is 9.19. The van der Waals surface area contributed by atoms with Crippen LogP contribution in [0.1, 0.15) is 39.5 Å². The van der Waals surface area contributed by atoms with Crippen molar-refractivity contribution in [1.29, 1.82) is 0 Å². The Morgan fingerprint density at radius 3 is 2.58 bits per heavy atom. The highest BCUT2D eigenvalue weighted by Crippen LogP contribution is 2.15. The average molecular weight is 269 g/mol. The molecule has 1 N–H and O–H groups in total. The third-order valence-corrected chi connectivity index (χ3v) is 4.09. The van der Waals surface area contributed by atoms with Gasteiger partial charge >= 0.3 is 0 Å². The van der Waals surface area contributed by atoms with E-state index in [1.165, 1.54) is 6.42 Å². The monoisotopic (exact) mass is 269 g/mol. The first-order valence-corrected chi connectivity index (χ1v) is 7.87. The van der Waals surface area contributed by atoms with E-state index in [1.54, 1.807) is 0 Å². The Labute approximate surface area is 118 Å². The largest absolute Gasteiger partial charge is 0.344 e. The minimum Gasteiger partial charge on any atom is -0.344 e. The molecule has 1 rings (SSSR count). The van der Waals surface area contributed by atoms with Gasteiger partial charge in [0.2, 0.25) is 5.91 Å². The lowest BCUT2D eigenvalue weighted by atomic mass is 9.98. The smallest absolute Gasteiger partial charge is 0.225 e. The average Bonchev–Trinajstić information content (AvgIpc) is 2.46. The van der Waals surface area contributed by atoms with E-state index in [9.17, 15) is 4.79 Å². The predicted octanol–water partition coefficient (Wildman–Crippen LogP) is 1.57. The van der Waals surface area contributed by atoms with Crippen LogP contribution in [0.2, 0.25) is 0 Å². The lowest BCUT2D eigenvalue weighted by molar-refractivity contribution is -0.134. The van der Waals surface area contributed by atoms with Crippen molar-refractivity contribution in [2.24, 2.45) is 5.92 Å². The molecule has 0 aromatic carbocycles. The fourth-order valence-electron chi connectivity index (χ4n) is 2.60. The lowest BCUT2D eigenvalue weighted by Crippen LogP contribution is -2.47. The summed E-state index contributed by atoms with van der Waals surface area (Å²) in [5, 5.41) is 3.35. The van der Waals surface area contributed by atoms with Crippen molar-refractivity contribution >= 4 is 5.91 Å². The van der Waals surface area contributed by atoms with Gasteiger partial charge in [-0.2, -0.15) is 0 Å². The summed E-state index contributed by atoms with van der Waals surface area (Å²) < 4.78 is 0. The Morgan fingerprint density at radius 2 is 2.00 bits per heavy atom. The first kappa shape index (κ1) is 16.4. The maximum absolute atomic E-state index is 12.3. The van der Waals surface area contributed by atoms with Gasteiger partial charge in [0.25, 0.3) is 0 Å². The van der Waals surface area contributed by atoms with Crippen LogP contribution in [0.4, 0.5) is 0 Å². The Kier molecular flexibility index (Phi) is 8.07. The van der Waals surface area contributed by atoms with E-state index in [0.717, 1.165) is 58.5 Å². The third kappa shape index (κ3) is 5.91. The fraction of sp³-hybridized carbons (Fsp3) is 0.933. The van der Waals surface area contributed by atoms with Gasteiger partial charge < -0.3 is 10.2 Å². The number of nitrogens with zero attached hydrogens (tertiary/aromatic N) is 2. The second-order valence-electron chi connectivity index (χ2n) is 5.60. The maximum Gasteiger partial charge on any atom is 0.225 e. The summed E-state index contributed by atoms with van der Waals surface area (Å²) in [7, 11) is 1.96. The van der Waals surface area contributed by atoms with Crippen molar-refractivity contribution in [2.75, 3.05) is 46.3 Å². The third-order valence-electron chi connectivity index (χ3n) is 4.09. The molecule has 112 valence electrons. The molecule has 1 aliphatic rings. The molecule has 0 aromatic rings. The second-order valence-corrected chi connectivity index (χ2v) is 5.60. The minimum absolute atomic E-state index is 0.230. The number of nitrogens with one attached hydrogen (secondary N) is 1. The summed E-state index contributed by atoms with van der Waals surface area (Å²) >= 11 is 0. The van der Waals surface area contributed by atoms with Crippen molar-refractivity contribution in [3.8, 4) is 0 Å². The van der Waals surface area contributed by atoms with Gasteiger partial charge in [0, 0.05) is 52.2 Å². The van der Waals surface area contributed by atoms with E-state index in [-0.39, 0.29) is 5.92 Å². The molecule has 0 aliphatic carbocycles. The Hall–Kier alpha value is -0.610. The van der Waals surface area contributed by atoms with E-state index >= 15 is 0 Å². The molecule has 1 aliphatic heterocycles. The highest BCUT2D eigenvalue weighted by atomic mass is 16.2. The summed E-state index contributed by atoms with van der Waals surface area (Å²) in [6, 6.07) is 0. The fourth-order valence-corrected chi connectivity index (χ4v) is 2.60. The highest BCUT2D eigenvalue weighted by molar-refractivity contribution is 5.78. The van der Waals surface area contributed by atoms with Crippen LogP contribution in [0.25, 0.3) is 0 Å². The molecule has 4 nitrogen and oxygen atoms in total. The number of likely N-dealkylation sites (N-methyl/N-ethyl adjacent to an activating group) is 1. The molecule has 1 unspecified atom stereocenters. The van der Waals surface area contributed by atoms with Gasteiger partial charge in [-0.15, -0.1) is 0 Å². The molecule has 0 aromatic heterocycles. The number of carbonyl (C=O) groups is 1. The molecule has 1 fully saturated rings. The Balaban J connectivity index is 2.29. The summed E-state index contributed by atoms with van der Waals surface area (Å²) in [6.07, 6.45) is 4.35. The second kappa shape index (κ2) is 9.32. The van der Waals surface area contributed by atoms with Crippen molar-refractivity contribution in [3.05, 3.63) is 0 Å². The highest BCUT2D eigenvalue weighted by Gasteiger charge is 2.20. The normalized spacial score (nSPS) is 18.3. The van der Waals surface area contributed by atoms with Crippen LogP contribution < -0.4 is 5.32 Å². The molecule has 0 saturated carbocycles. The molecule has 0 spiro atoms. The van der Waals surface area contributed by atoms with Gasteiger partial charge in [0.15, 0.2) is 0 Å². The van der Waals surface area contributed by atoms with Crippen LogP contribution in [0.5, 0.6) is 0 Å². The van der Waals surface area contributed by atoms with Crippen molar-refractivity contribution < 1.29 is 4.79 Å². The van der Waals surface area contributed by atoms with Crippen LogP contribution in [0.3, 0.4) is 0 Å². The quantitative estimate of drug-likeness (QED) is 0.726. The molecule has 19 heavy (non-hydrogen) atoms. The van der Waals surface area contributed by atoms with Crippen LogP contribution in [-0.2, 0) is 4.79 Å². The van der Waals surface area contributed by atoms with E-state index < -0.39 is 0 Å². The van der Waals surface area contributed by atoms with Crippen LogP contribution in [-0.4, -0.2) is 62.0 Å². The zero-order valence-corrected chi connectivity index (χ0v) is 13.0. The maximum atomic E-state index is 12.3. The molecule has 0 bridgehead atoms. The van der Waals surface area contributed by atoms with Crippen molar-refractivity contribution in [3.63, 3.8) is 0 Å². The van der Waals surface area contributed by atoms with E-state index in [4.69, 9.17) is 0 Å². The first-order valence-electron chi connectivity index (χ1n) is 7.87. The van der Waals surface area contributed by atoms with E-state index in [0.29, 0.717) is 5.91 Å². The number of rotatable bonds is 8. The Bertz CT molecular complexity index is 252. The number of hydrogen-bond acceptors (Lipinski definition) is 3. The van der Waals surface area contributed by atoms with Gasteiger partial charge in [-0.1, -0.05) is 26.7 Å². The number of amides is 1. The van der Waals surface area contributed by atoms with Gasteiger partial charge in [0.1, 0.15) is 0 Å². The predicted molar refractivity (Wildman–Crippen MR) is 80.3 cm³/mol. The summed E-state index contributed by atoms with van der Waals surface area (Å²) in [6.45, 7) is 10.5. The Morgan fingerprint density at radius 1 is 1.32 bits per heavy atom. The molecular weight excluding hydrogens is 238 g/mol. The summed E-state index contributed by atoms with van der Waals surface area (Å²) in [4.78, 5) is 16.7. The minimum atomic E-state index is 0.230. The van der Waals surface area contributed by atoms with E-state index in [1.807, 2.05) is 11.9 Å². The van der Waals surface area contributed by atoms with Crippen molar-refractivity contribution in [1.82, 2.24) is 15.1 Å². The topological polar surface area (TPSA) is 35.6 Å². The van der Waals surface area contributed by atoms with Crippen LogP contribution in [0.15, 0.2) is 0 Å². The molecule has 1 atom stereocenters. The van der Waals surface area contributed by atoms with E-state index in [2.05, 4.69) is 24.1 Å². The zero-order valence-electron chi connectivity index (χ0n) is 13.0. The lowest BCUT2D eigenvalue weighted by Gasteiger charge is -2.30. The van der Waals surface area contributed by atoms with Crippen LogP contribution >= 0.6 is 0 Å². The molecule has 0 radical (unpaired) electrons. The molecule has 1 amide bonds. The molecular formula is C15H31N3O. The number of hydrogen-bond donors (Lipinski definition) is 1. The molecule has 1 heterocycles. The summed E-state index contributed by atoms with van der Waals surface area (Å²) in [5.74, 6) is 0.569. The van der Waals surface area contributed by atoms with Gasteiger partial charge in [-0.25, -0.2) is 0 Å². The SMILES string of the molecule is CCCCC(CC)C(=O)N(C)CCN1CCNCC1. The van der Waals surface area contributed by atoms with Gasteiger partial charge in [-0.3, -0.25) is 9.69 Å². The van der Waals surface area contributed by atoms with Gasteiger partial charge in [0.05, 0.1) is 0 Å². The van der Waals surface area contributed by atoms with Crippen molar-refractivity contribution in [2.45, 2.75) is 39.5 Å². The molecule has 4 heteroatoms. The number of unbranched alkanes of at least 4 members (excludes halogenated alkanes) is 1.